The molecule has 0 unspecified atom stereocenters. The normalized spacial score (nSPS) is 11.9. The number of hydrogen-bond acceptors (Lipinski definition) is 4. The van der Waals surface area contributed by atoms with E-state index in [2.05, 4.69) is 19.7 Å². The zero-order valence-electron chi connectivity index (χ0n) is 15.8. The van der Waals surface area contributed by atoms with Crippen LogP contribution in [-0.2, 0) is 11.3 Å². The number of aromatic nitrogens is 4. The lowest BCUT2D eigenvalue weighted by atomic mass is 10.1. The number of thioether (sulfide) groups is 1. The molecule has 4 rings (SSSR count). The molecule has 9 heteroatoms. The predicted molar refractivity (Wildman–Crippen MR) is 120 cm³/mol. The standard InChI is InChI=1S/C21H16Cl2N4O2S/c1-12-24-21(26-25-12)30-19(20(28)29)9-14-11-27(18-5-3-2-4-15(14)18)10-13-6-7-16(22)17(23)8-13/h2-9,11H,10H2,1H3,(H,28,29)(H,24,25,26)/b19-9-. The van der Waals surface area contributed by atoms with Gasteiger partial charge in [0.25, 0.3) is 0 Å². The molecule has 0 saturated carbocycles. The van der Waals surface area contributed by atoms with Gasteiger partial charge in [0.15, 0.2) is 0 Å². The van der Waals surface area contributed by atoms with Gasteiger partial charge >= 0.3 is 5.97 Å². The summed E-state index contributed by atoms with van der Waals surface area (Å²) in [4.78, 5) is 16.1. The molecule has 0 aliphatic rings. The van der Waals surface area contributed by atoms with E-state index >= 15 is 0 Å². The van der Waals surface area contributed by atoms with E-state index in [1.165, 1.54) is 0 Å². The first-order valence-electron chi connectivity index (χ1n) is 8.94. The smallest absolute Gasteiger partial charge is 0.342 e. The fraction of sp³-hybridized carbons (Fsp3) is 0.0952. The van der Waals surface area contributed by atoms with Crippen LogP contribution in [-0.4, -0.2) is 30.8 Å². The van der Waals surface area contributed by atoms with E-state index in [0.29, 0.717) is 27.6 Å². The van der Waals surface area contributed by atoms with E-state index in [1.54, 1.807) is 19.1 Å². The number of carbonyl (C=O) groups is 1. The number of H-pyrrole nitrogens is 1. The first kappa shape index (κ1) is 20.5. The van der Waals surface area contributed by atoms with Crippen LogP contribution in [0, 0.1) is 6.92 Å². The Labute approximate surface area is 186 Å². The molecule has 2 aromatic carbocycles. The SMILES string of the molecule is Cc1nc(S/C(=C\c2cn(Cc3ccc(Cl)c(Cl)c3)c3ccccc23)C(=O)O)n[nH]1. The van der Waals surface area contributed by atoms with E-state index in [9.17, 15) is 9.90 Å². The molecular formula is C21H16Cl2N4O2S. The summed E-state index contributed by atoms with van der Waals surface area (Å²) in [6, 6.07) is 13.4. The fourth-order valence-corrected chi connectivity index (χ4v) is 4.16. The van der Waals surface area contributed by atoms with Gasteiger partial charge < -0.3 is 9.67 Å². The van der Waals surface area contributed by atoms with Crippen LogP contribution in [0.2, 0.25) is 10.0 Å². The highest BCUT2D eigenvalue weighted by molar-refractivity contribution is 8.04. The lowest BCUT2D eigenvalue weighted by molar-refractivity contribution is -0.131. The number of carboxylic acid groups (broad SMARTS) is 1. The van der Waals surface area contributed by atoms with Crippen molar-refractivity contribution in [3.05, 3.63) is 80.6 Å². The number of fused-ring (bicyclic) bond motifs is 1. The van der Waals surface area contributed by atoms with Crippen molar-refractivity contribution >= 4 is 57.9 Å². The highest BCUT2D eigenvalue weighted by atomic mass is 35.5. The average Bonchev–Trinajstić information content (AvgIpc) is 3.28. The molecule has 2 heterocycles. The third-order valence-corrected chi connectivity index (χ3v) is 6.05. The molecule has 0 bridgehead atoms. The maximum absolute atomic E-state index is 11.8. The van der Waals surface area contributed by atoms with Crippen LogP contribution in [0.5, 0.6) is 0 Å². The summed E-state index contributed by atoms with van der Waals surface area (Å²) in [6.07, 6.45) is 3.58. The first-order valence-corrected chi connectivity index (χ1v) is 10.5. The van der Waals surface area contributed by atoms with Crippen LogP contribution in [0.1, 0.15) is 17.0 Å². The lowest BCUT2D eigenvalue weighted by Gasteiger charge is -2.06. The van der Waals surface area contributed by atoms with Gasteiger partial charge in [-0.2, -0.15) is 0 Å². The topological polar surface area (TPSA) is 83.8 Å². The first-order chi connectivity index (χ1) is 14.4. The molecule has 4 aromatic rings. The lowest BCUT2D eigenvalue weighted by Crippen LogP contribution is -1.98. The molecule has 2 aromatic heterocycles. The van der Waals surface area contributed by atoms with Crippen molar-refractivity contribution < 1.29 is 9.90 Å². The number of rotatable bonds is 6. The summed E-state index contributed by atoms with van der Waals surface area (Å²) in [5, 5.41) is 18.7. The molecule has 0 fully saturated rings. The van der Waals surface area contributed by atoms with Crippen LogP contribution < -0.4 is 0 Å². The minimum atomic E-state index is -1.04. The number of carboxylic acids is 1. The van der Waals surface area contributed by atoms with E-state index < -0.39 is 5.97 Å². The predicted octanol–water partition coefficient (Wildman–Crippen LogP) is 5.64. The van der Waals surface area contributed by atoms with E-state index in [1.807, 2.05) is 42.6 Å². The monoisotopic (exact) mass is 458 g/mol. The van der Waals surface area contributed by atoms with Gasteiger partial charge in [-0.1, -0.05) is 47.5 Å². The highest BCUT2D eigenvalue weighted by Gasteiger charge is 2.15. The van der Waals surface area contributed by atoms with Crippen molar-refractivity contribution in [2.24, 2.45) is 0 Å². The Balaban J connectivity index is 1.74. The molecule has 0 aliphatic carbocycles. The van der Waals surface area contributed by atoms with Crippen LogP contribution in [0.15, 0.2) is 58.7 Å². The molecule has 152 valence electrons. The van der Waals surface area contributed by atoms with Crippen LogP contribution >= 0.6 is 35.0 Å². The Morgan fingerprint density at radius 2 is 2.03 bits per heavy atom. The van der Waals surface area contributed by atoms with Crippen molar-refractivity contribution in [3.63, 3.8) is 0 Å². The van der Waals surface area contributed by atoms with Gasteiger partial charge in [0.05, 0.1) is 10.0 Å². The number of nitrogens with zero attached hydrogens (tertiary/aromatic N) is 3. The summed E-state index contributed by atoms with van der Waals surface area (Å²) in [5.41, 5.74) is 2.77. The molecular weight excluding hydrogens is 443 g/mol. The van der Waals surface area contributed by atoms with Crippen molar-refractivity contribution in [3.8, 4) is 0 Å². The Kier molecular flexibility index (Phi) is 5.85. The molecule has 2 N–H and O–H groups in total. The molecule has 6 nitrogen and oxygen atoms in total. The second-order valence-corrected chi connectivity index (χ2v) is 8.42. The zero-order valence-corrected chi connectivity index (χ0v) is 18.1. The number of nitrogens with one attached hydrogen (secondary N) is 1. The maximum atomic E-state index is 11.8. The molecule has 0 spiro atoms. The molecule has 0 saturated heterocycles. The van der Waals surface area contributed by atoms with Crippen molar-refractivity contribution in [2.45, 2.75) is 18.6 Å². The summed E-state index contributed by atoms with van der Waals surface area (Å²) in [6.45, 7) is 2.33. The van der Waals surface area contributed by atoms with Gasteiger partial charge in [-0.05, 0) is 48.5 Å². The average molecular weight is 459 g/mol. The number of aliphatic carboxylic acids is 1. The van der Waals surface area contributed by atoms with Crippen molar-refractivity contribution in [1.82, 2.24) is 19.7 Å². The summed E-state index contributed by atoms with van der Waals surface area (Å²) >= 11 is 13.2. The van der Waals surface area contributed by atoms with E-state index in [0.717, 1.165) is 33.8 Å². The fourth-order valence-electron chi connectivity index (χ4n) is 3.10. The summed E-state index contributed by atoms with van der Waals surface area (Å²) in [7, 11) is 0. The molecule has 0 radical (unpaired) electrons. The summed E-state index contributed by atoms with van der Waals surface area (Å²) < 4.78 is 2.06. The quantitative estimate of drug-likeness (QED) is 0.288. The number of aromatic amines is 1. The number of hydrogen-bond donors (Lipinski definition) is 2. The second kappa shape index (κ2) is 8.55. The molecule has 0 aliphatic heterocycles. The maximum Gasteiger partial charge on any atom is 0.342 e. The van der Waals surface area contributed by atoms with Gasteiger partial charge in [-0.3, -0.25) is 5.10 Å². The van der Waals surface area contributed by atoms with E-state index in [4.69, 9.17) is 23.2 Å². The Hall–Kier alpha value is -2.74. The van der Waals surface area contributed by atoms with Crippen LogP contribution in [0.25, 0.3) is 17.0 Å². The van der Waals surface area contributed by atoms with Crippen LogP contribution in [0.4, 0.5) is 0 Å². The Morgan fingerprint density at radius 3 is 2.73 bits per heavy atom. The second-order valence-electron chi connectivity index (χ2n) is 6.60. The largest absolute Gasteiger partial charge is 0.477 e. The third-order valence-electron chi connectivity index (χ3n) is 4.43. The molecule has 0 atom stereocenters. The number of aryl methyl sites for hydroxylation is 1. The van der Waals surface area contributed by atoms with Gasteiger partial charge in [-0.15, -0.1) is 5.10 Å². The van der Waals surface area contributed by atoms with Gasteiger partial charge in [0, 0.05) is 29.2 Å². The number of para-hydroxylation sites is 1. The zero-order chi connectivity index (χ0) is 21.3. The number of halogens is 2. The Morgan fingerprint density at radius 1 is 1.23 bits per heavy atom. The van der Waals surface area contributed by atoms with Gasteiger partial charge in [0.2, 0.25) is 5.16 Å². The third kappa shape index (κ3) is 4.38. The molecule has 0 amide bonds. The minimum absolute atomic E-state index is 0.131. The Bertz CT molecular complexity index is 1280. The van der Waals surface area contributed by atoms with Gasteiger partial charge in [0.1, 0.15) is 10.7 Å². The minimum Gasteiger partial charge on any atom is -0.477 e. The van der Waals surface area contributed by atoms with E-state index in [-0.39, 0.29) is 4.91 Å². The number of benzene rings is 2. The van der Waals surface area contributed by atoms with Crippen molar-refractivity contribution in [1.29, 1.82) is 0 Å². The molecule has 30 heavy (non-hydrogen) atoms. The van der Waals surface area contributed by atoms with Crippen molar-refractivity contribution in [2.75, 3.05) is 0 Å². The van der Waals surface area contributed by atoms with Gasteiger partial charge in [-0.25, -0.2) is 9.78 Å². The van der Waals surface area contributed by atoms with Crippen LogP contribution in [0.3, 0.4) is 0 Å². The highest BCUT2D eigenvalue weighted by Crippen LogP contribution is 2.30. The summed E-state index contributed by atoms with van der Waals surface area (Å²) in [5.74, 6) is -0.413.